The largest absolute Gasteiger partial charge is 0.496 e. The van der Waals surface area contributed by atoms with Gasteiger partial charge in [0, 0.05) is 18.2 Å². The van der Waals surface area contributed by atoms with E-state index in [1.54, 1.807) is 7.11 Å². The van der Waals surface area contributed by atoms with Crippen LogP contribution in [0.3, 0.4) is 0 Å². The summed E-state index contributed by atoms with van der Waals surface area (Å²) >= 11 is 0. The van der Waals surface area contributed by atoms with E-state index in [2.05, 4.69) is 10.3 Å². The summed E-state index contributed by atoms with van der Waals surface area (Å²) in [4.78, 5) is 16.9. The highest BCUT2D eigenvalue weighted by Crippen LogP contribution is 2.32. The van der Waals surface area contributed by atoms with E-state index in [0.29, 0.717) is 29.6 Å². The smallest absolute Gasteiger partial charge is 0.231 e. The van der Waals surface area contributed by atoms with Gasteiger partial charge in [-0.25, -0.2) is 4.98 Å². The highest BCUT2D eigenvalue weighted by atomic mass is 16.5. The molecule has 1 aliphatic rings. The number of oxazole rings is 1. The molecule has 146 valence electrons. The van der Waals surface area contributed by atoms with Crippen molar-refractivity contribution >= 4 is 22.7 Å². The average molecular weight is 378 g/mol. The second-order valence-corrected chi connectivity index (χ2v) is 7.49. The van der Waals surface area contributed by atoms with Crippen LogP contribution in [-0.2, 0) is 4.79 Å². The Hall–Kier alpha value is -2.82. The fourth-order valence-corrected chi connectivity index (χ4v) is 3.97. The van der Waals surface area contributed by atoms with Gasteiger partial charge < -0.3 is 14.5 Å². The standard InChI is InChI=1S/C23H26N2O3/c1-27-20-10-6-5-9-18(20)23-25-19-13-12-17(15-21(19)28-23)24-22(26)14-11-16-7-3-2-4-8-16/h5-6,9-10,12-13,15-16H,2-4,7-8,11,14H2,1H3,(H,24,26). The van der Waals surface area contributed by atoms with Crippen molar-refractivity contribution in [2.24, 2.45) is 5.92 Å². The van der Waals surface area contributed by atoms with Crippen LogP contribution >= 0.6 is 0 Å². The molecule has 0 atom stereocenters. The van der Waals surface area contributed by atoms with E-state index in [-0.39, 0.29) is 5.91 Å². The normalized spacial score (nSPS) is 14.9. The molecule has 5 nitrogen and oxygen atoms in total. The molecule has 1 aliphatic carbocycles. The molecule has 3 aromatic rings. The maximum atomic E-state index is 12.3. The lowest BCUT2D eigenvalue weighted by atomic mass is 9.86. The lowest BCUT2D eigenvalue weighted by Crippen LogP contribution is -2.14. The van der Waals surface area contributed by atoms with Gasteiger partial charge in [0.25, 0.3) is 0 Å². The van der Waals surface area contributed by atoms with Crippen LogP contribution in [-0.4, -0.2) is 18.0 Å². The lowest BCUT2D eigenvalue weighted by Gasteiger charge is -2.20. The summed E-state index contributed by atoms with van der Waals surface area (Å²) in [5.41, 5.74) is 2.94. The SMILES string of the molecule is COc1ccccc1-c1nc2ccc(NC(=O)CCC3CCCCC3)cc2o1. The van der Waals surface area contributed by atoms with Crippen LogP contribution < -0.4 is 10.1 Å². The number of nitrogens with zero attached hydrogens (tertiary/aromatic N) is 1. The second-order valence-electron chi connectivity index (χ2n) is 7.49. The van der Waals surface area contributed by atoms with Crippen LogP contribution in [0, 0.1) is 5.92 Å². The third kappa shape index (κ3) is 4.19. The number of rotatable bonds is 6. The zero-order valence-electron chi connectivity index (χ0n) is 16.2. The molecule has 1 saturated carbocycles. The molecule has 1 amide bonds. The number of aromatic nitrogens is 1. The number of hydrogen-bond acceptors (Lipinski definition) is 4. The molecule has 4 rings (SSSR count). The zero-order chi connectivity index (χ0) is 19.3. The Kier molecular flexibility index (Phi) is 5.60. The third-order valence-corrected chi connectivity index (χ3v) is 5.51. The first kappa shape index (κ1) is 18.5. The Balaban J connectivity index is 1.45. The van der Waals surface area contributed by atoms with E-state index in [4.69, 9.17) is 9.15 Å². The Morgan fingerprint density at radius 2 is 2.00 bits per heavy atom. The van der Waals surface area contributed by atoms with Gasteiger partial charge in [0.15, 0.2) is 5.58 Å². The van der Waals surface area contributed by atoms with Crippen LogP contribution in [0.4, 0.5) is 5.69 Å². The number of nitrogens with one attached hydrogen (secondary N) is 1. The molecule has 1 N–H and O–H groups in total. The van der Waals surface area contributed by atoms with E-state index in [0.717, 1.165) is 23.2 Å². The van der Waals surface area contributed by atoms with Crippen LogP contribution in [0.5, 0.6) is 5.75 Å². The molecule has 1 heterocycles. The number of carbonyl (C=O) groups excluding carboxylic acids is 1. The molecule has 0 spiro atoms. The minimum atomic E-state index is 0.0643. The summed E-state index contributed by atoms with van der Waals surface area (Å²) in [5, 5.41) is 2.99. The maximum Gasteiger partial charge on any atom is 0.231 e. The maximum absolute atomic E-state index is 12.3. The first-order valence-electron chi connectivity index (χ1n) is 10.1. The van der Waals surface area contributed by atoms with Crippen molar-refractivity contribution < 1.29 is 13.9 Å². The number of hydrogen-bond donors (Lipinski definition) is 1. The van der Waals surface area contributed by atoms with E-state index in [1.165, 1.54) is 32.1 Å². The highest BCUT2D eigenvalue weighted by molar-refractivity contribution is 5.93. The van der Waals surface area contributed by atoms with Gasteiger partial charge in [-0.1, -0.05) is 44.2 Å². The Labute approximate surface area is 165 Å². The molecule has 5 heteroatoms. The van der Waals surface area contributed by atoms with Gasteiger partial charge in [-0.15, -0.1) is 0 Å². The van der Waals surface area contributed by atoms with E-state index in [1.807, 2.05) is 42.5 Å². The molecule has 0 radical (unpaired) electrons. The first-order chi connectivity index (χ1) is 13.7. The quantitative estimate of drug-likeness (QED) is 0.588. The number of fused-ring (bicyclic) bond motifs is 1. The van der Waals surface area contributed by atoms with Gasteiger partial charge in [0.2, 0.25) is 11.8 Å². The van der Waals surface area contributed by atoms with Crippen molar-refractivity contribution in [1.29, 1.82) is 0 Å². The third-order valence-electron chi connectivity index (χ3n) is 5.51. The molecule has 0 bridgehead atoms. The van der Waals surface area contributed by atoms with Gasteiger partial charge in [-0.2, -0.15) is 0 Å². The fourth-order valence-electron chi connectivity index (χ4n) is 3.97. The van der Waals surface area contributed by atoms with E-state index >= 15 is 0 Å². The summed E-state index contributed by atoms with van der Waals surface area (Å²) in [5.74, 6) is 1.99. The Morgan fingerprint density at radius 1 is 1.18 bits per heavy atom. The minimum absolute atomic E-state index is 0.0643. The summed E-state index contributed by atoms with van der Waals surface area (Å²) in [7, 11) is 1.63. The van der Waals surface area contributed by atoms with Gasteiger partial charge in [0.1, 0.15) is 11.3 Å². The van der Waals surface area contributed by atoms with Crippen LogP contribution in [0.1, 0.15) is 44.9 Å². The number of anilines is 1. The van der Waals surface area contributed by atoms with Crippen molar-refractivity contribution in [3.63, 3.8) is 0 Å². The van der Waals surface area contributed by atoms with E-state index in [9.17, 15) is 4.79 Å². The Morgan fingerprint density at radius 3 is 2.82 bits per heavy atom. The molecule has 0 aliphatic heterocycles. The van der Waals surface area contributed by atoms with Gasteiger partial charge in [-0.3, -0.25) is 4.79 Å². The van der Waals surface area contributed by atoms with Crippen molar-refractivity contribution in [1.82, 2.24) is 4.98 Å². The summed E-state index contributed by atoms with van der Waals surface area (Å²) in [6.45, 7) is 0. The Bertz CT molecular complexity index is 957. The number of amides is 1. The van der Waals surface area contributed by atoms with Crippen molar-refractivity contribution in [3.8, 4) is 17.2 Å². The lowest BCUT2D eigenvalue weighted by molar-refractivity contribution is -0.116. The van der Waals surface area contributed by atoms with Gasteiger partial charge in [0.05, 0.1) is 12.7 Å². The summed E-state index contributed by atoms with van der Waals surface area (Å²) < 4.78 is 11.3. The van der Waals surface area contributed by atoms with Crippen molar-refractivity contribution in [3.05, 3.63) is 42.5 Å². The predicted octanol–water partition coefficient (Wildman–Crippen LogP) is 5.80. The fraction of sp³-hybridized carbons (Fsp3) is 0.391. The number of para-hydroxylation sites is 1. The average Bonchev–Trinajstić information content (AvgIpc) is 3.16. The summed E-state index contributed by atoms with van der Waals surface area (Å²) in [6.07, 6.45) is 8.05. The topological polar surface area (TPSA) is 64.4 Å². The monoisotopic (exact) mass is 378 g/mol. The summed E-state index contributed by atoms with van der Waals surface area (Å²) in [6, 6.07) is 13.2. The molecular formula is C23H26N2O3. The molecule has 0 unspecified atom stereocenters. The molecule has 1 fully saturated rings. The highest BCUT2D eigenvalue weighted by Gasteiger charge is 2.16. The molecular weight excluding hydrogens is 352 g/mol. The first-order valence-corrected chi connectivity index (χ1v) is 10.1. The molecule has 1 aromatic heterocycles. The number of carbonyl (C=O) groups is 1. The minimum Gasteiger partial charge on any atom is -0.496 e. The molecule has 28 heavy (non-hydrogen) atoms. The second kappa shape index (κ2) is 8.46. The number of methoxy groups -OCH3 is 1. The van der Waals surface area contributed by atoms with Gasteiger partial charge in [-0.05, 0) is 36.6 Å². The van der Waals surface area contributed by atoms with E-state index < -0.39 is 0 Å². The zero-order valence-corrected chi connectivity index (χ0v) is 16.2. The molecule has 2 aromatic carbocycles. The van der Waals surface area contributed by atoms with Crippen LogP contribution in [0.2, 0.25) is 0 Å². The molecule has 0 saturated heterocycles. The van der Waals surface area contributed by atoms with Crippen LogP contribution in [0.25, 0.3) is 22.6 Å². The number of ether oxygens (including phenoxy) is 1. The van der Waals surface area contributed by atoms with Crippen molar-refractivity contribution in [2.45, 2.75) is 44.9 Å². The van der Waals surface area contributed by atoms with Gasteiger partial charge >= 0.3 is 0 Å². The van der Waals surface area contributed by atoms with Crippen LogP contribution in [0.15, 0.2) is 46.9 Å². The predicted molar refractivity (Wildman–Crippen MR) is 110 cm³/mol. The van der Waals surface area contributed by atoms with Crippen molar-refractivity contribution in [2.75, 3.05) is 12.4 Å². The number of benzene rings is 2.